The van der Waals surface area contributed by atoms with Crippen molar-refractivity contribution in [3.05, 3.63) is 28.8 Å². The van der Waals surface area contributed by atoms with Crippen LogP contribution in [-0.4, -0.2) is 24.0 Å². The van der Waals surface area contributed by atoms with E-state index in [2.05, 4.69) is 0 Å². The highest BCUT2D eigenvalue weighted by Gasteiger charge is 2.19. The van der Waals surface area contributed by atoms with Crippen LogP contribution in [0.1, 0.15) is 41.3 Å². The molecule has 0 saturated heterocycles. The zero-order chi connectivity index (χ0) is 13.2. The number of benzene rings is 1. The highest BCUT2D eigenvalue weighted by molar-refractivity contribution is 6.39. The molecule has 92 valence electrons. The van der Waals surface area contributed by atoms with E-state index in [1.807, 2.05) is 13.8 Å². The van der Waals surface area contributed by atoms with Gasteiger partial charge in [0.05, 0.1) is 7.11 Å². The molecular weight excluding hydrogens is 220 g/mol. The molecule has 4 heteroatoms. The molecule has 0 aromatic heterocycles. The van der Waals surface area contributed by atoms with Gasteiger partial charge in [-0.15, -0.1) is 0 Å². The van der Waals surface area contributed by atoms with Crippen molar-refractivity contribution < 1.29 is 19.4 Å². The number of ketones is 1. The summed E-state index contributed by atoms with van der Waals surface area (Å²) in [5.74, 6) is -1.46. The minimum absolute atomic E-state index is 0.158. The first kappa shape index (κ1) is 13.2. The third kappa shape index (κ3) is 2.64. The fourth-order valence-corrected chi connectivity index (χ4v) is 1.76. The van der Waals surface area contributed by atoms with E-state index in [1.54, 1.807) is 26.2 Å². The number of aryl methyl sites for hydroxylation is 1. The topological polar surface area (TPSA) is 63.6 Å². The van der Waals surface area contributed by atoms with Gasteiger partial charge in [0, 0.05) is 5.56 Å². The van der Waals surface area contributed by atoms with Gasteiger partial charge in [-0.1, -0.05) is 13.8 Å². The molecule has 0 heterocycles. The Bertz CT molecular complexity index is 461. The van der Waals surface area contributed by atoms with E-state index >= 15 is 0 Å². The Balaban J connectivity index is 3.39. The lowest BCUT2D eigenvalue weighted by molar-refractivity contribution is -0.131. The maximum absolute atomic E-state index is 11.4. The lowest BCUT2D eigenvalue weighted by Gasteiger charge is -2.15. The Hall–Kier alpha value is -1.84. The Kier molecular flexibility index (Phi) is 3.89. The Labute approximate surface area is 100 Å². The predicted molar refractivity (Wildman–Crippen MR) is 63.8 cm³/mol. The number of hydrogen-bond acceptors (Lipinski definition) is 3. The van der Waals surface area contributed by atoms with Crippen LogP contribution in [0, 0.1) is 6.92 Å². The average molecular weight is 236 g/mol. The molecule has 0 aliphatic carbocycles. The summed E-state index contributed by atoms with van der Waals surface area (Å²) in [6.45, 7) is 5.72. The number of rotatable bonds is 4. The summed E-state index contributed by atoms with van der Waals surface area (Å²) in [6, 6.07) is 3.13. The normalized spacial score (nSPS) is 10.4. The molecule has 0 radical (unpaired) electrons. The lowest BCUT2D eigenvalue weighted by Crippen LogP contribution is -2.14. The van der Waals surface area contributed by atoms with Gasteiger partial charge in [-0.2, -0.15) is 0 Å². The molecule has 17 heavy (non-hydrogen) atoms. The van der Waals surface area contributed by atoms with Crippen LogP contribution in [0.5, 0.6) is 5.75 Å². The molecule has 0 fully saturated rings. The standard InChI is InChI=1S/C13H16O4/c1-7(2)10-6-9(11(14)13(15)16)5-8(3)12(10)17-4/h5-7H,1-4H3,(H,15,16). The van der Waals surface area contributed by atoms with E-state index in [-0.39, 0.29) is 11.5 Å². The molecule has 0 amide bonds. The Morgan fingerprint density at radius 2 is 1.88 bits per heavy atom. The fourth-order valence-electron chi connectivity index (χ4n) is 1.76. The van der Waals surface area contributed by atoms with Crippen molar-refractivity contribution in [1.29, 1.82) is 0 Å². The van der Waals surface area contributed by atoms with Crippen molar-refractivity contribution >= 4 is 11.8 Å². The van der Waals surface area contributed by atoms with E-state index in [0.717, 1.165) is 11.1 Å². The summed E-state index contributed by atoms with van der Waals surface area (Å²) in [4.78, 5) is 22.1. The van der Waals surface area contributed by atoms with Crippen LogP contribution in [0.25, 0.3) is 0 Å². The zero-order valence-corrected chi connectivity index (χ0v) is 10.4. The number of ether oxygens (including phenoxy) is 1. The number of carbonyl (C=O) groups is 2. The van der Waals surface area contributed by atoms with Crippen molar-refractivity contribution in [3.8, 4) is 5.75 Å². The first-order chi connectivity index (χ1) is 7.88. The van der Waals surface area contributed by atoms with Gasteiger partial charge < -0.3 is 9.84 Å². The van der Waals surface area contributed by atoms with E-state index in [1.165, 1.54) is 0 Å². The van der Waals surface area contributed by atoms with Gasteiger partial charge in [0.25, 0.3) is 5.78 Å². The number of carboxylic acid groups (broad SMARTS) is 1. The monoisotopic (exact) mass is 236 g/mol. The van der Waals surface area contributed by atoms with Crippen LogP contribution in [0.15, 0.2) is 12.1 Å². The zero-order valence-electron chi connectivity index (χ0n) is 10.4. The van der Waals surface area contributed by atoms with Crippen LogP contribution in [0.4, 0.5) is 0 Å². The number of hydrogen-bond donors (Lipinski definition) is 1. The summed E-state index contributed by atoms with van der Waals surface area (Å²) in [6.07, 6.45) is 0. The van der Waals surface area contributed by atoms with E-state index in [0.29, 0.717) is 5.75 Å². The van der Waals surface area contributed by atoms with Crippen LogP contribution >= 0.6 is 0 Å². The van der Waals surface area contributed by atoms with Crippen LogP contribution in [0.2, 0.25) is 0 Å². The van der Waals surface area contributed by atoms with Crippen molar-refractivity contribution in [2.45, 2.75) is 26.7 Å². The Morgan fingerprint density at radius 1 is 1.29 bits per heavy atom. The third-order valence-corrected chi connectivity index (χ3v) is 2.59. The smallest absolute Gasteiger partial charge is 0.377 e. The molecule has 4 nitrogen and oxygen atoms in total. The highest BCUT2D eigenvalue weighted by Crippen LogP contribution is 2.31. The molecule has 0 saturated carbocycles. The molecule has 0 aliphatic heterocycles. The SMILES string of the molecule is COc1c(C)cc(C(=O)C(=O)O)cc1C(C)C. The van der Waals surface area contributed by atoms with Gasteiger partial charge in [-0.05, 0) is 36.1 Å². The summed E-state index contributed by atoms with van der Waals surface area (Å²) >= 11 is 0. The molecule has 1 aromatic rings. The maximum atomic E-state index is 11.4. The van der Waals surface area contributed by atoms with E-state index in [9.17, 15) is 9.59 Å². The van der Waals surface area contributed by atoms with Gasteiger partial charge in [-0.25, -0.2) is 4.79 Å². The summed E-state index contributed by atoms with van der Waals surface area (Å²) in [7, 11) is 1.56. The van der Waals surface area contributed by atoms with E-state index < -0.39 is 11.8 Å². The number of carboxylic acids is 1. The van der Waals surface area contributed by atoms with Gasteiger partial charge in [0.1, 0.15) is 5.75 Å². The number of carbonyl (C=O) groups excluding carboxylic acids is 1. The quantitative estimate of drug-likeness (QED) is 0.644. The molecule has 0 unspecified atom stereocenters. The number of Topliss-reactive ketones (excluding diaryl/α,β-unsaturated/α-hetero) is 1. The molecule has 0 atom stereocenters. The fraction of sp³-hybridized carbons (Fsp3) is 0.385. The largest absolute Gasteiger partial charge is 0.496 e. The van der Waals surface area contributed by atoms with Gasteiger partial charge in [-0.3, -0.25) is 4.79 Å². The molecule has 1 rings (SSSR count). The number of aliphatic carboxylic acids is 1. The van der Waals surface area contributed by atoms with Gasteiger partial charge in [0.15, 0.2) is 0 Å². The van der Waals surface area contributed by atoms with E-state index in [4.69, 9.17) is 9.84 Å². The predicted octanol–water partition coefficient (Wildman–Crippen LogP) is 2.39. The van der Waals surface area contributed by atoms with Crippen LogP contribution < -0.4 is 4.74 Å². The molecule has 0 aliphatic rings. The molecule has 1 aromatic carbocycles. The lowest BCUT2D eigenvalue weighted by atomic mass is 9.95. The minimum Gasteiger partial charge on any atom is -0.496 e. The van der Waals surface area contributed by atoms with Crippen LogP contribution in [-0.2, 0) is 4.79 Å². The second-order valence-corrected chi connectivity index (χ2v) is 4.20. The maximum Gasteiger partial charge on any atom is 0.377 e. The Morgan fingerprint density at radius 3 is 2.29 bits per heavy atom. The first-order valence-electron chi connectivity index (χ1n) is 5.34. The van der Waals surface area contributed by atoms with Crippen molar-refractivity contribution in [2.75, 3.05) is 7.11 Å². The van der Waals surface area contributed by atoms with Crippen LogP contribution in [0.3, 0.4) is 0 Å². The summed E-state index contributed by atoms with van der Waals surface area (Å²) in [5, 5.41) is 8.70. The molecule has 0 bridgehead atoms. The molecule has 0 spiro atoms. The van der Waals surface area contributed by atoms with Crippen molar-refractivity contribution in [1.82, 2.24) is 0 Å². The third-order valence-electron chi connectivity index (χ3n) is 2.59. The molecule has 1 N–H and O–H groups in total. The summed E-state index contributed by atoms with van der Waals surface area (Å²) < 4.78 is 5.27. The molecular formula is C13H16O4. The first-order valence-corrected chi connectivity index (χ1v) is 5.34. The van der Waals surface area contributed by atoms with Crippen molar-refractivity contribution in [2.24, 2.45) is 0 Å². The van der Waals surface area contributed by atoms with Gasteiger partial charge >= 0.3 is 5.97 Å². The second-order valence-electron chi connectivity index (χ2n) is 4.20. The minimum atomic E-state index is -1.44. The summed E-state index contributed by atoms with van der Waals surface area (Å²) in [5.41, 5.74) is 1.81. The number of methoxy groups -OCH3 is 1. The van der Waals surface area contributed by atoms with Crippen molar-refractivity contribution in [3.63, 3.8) is 0 Å². The van der Waals surface area contributed by atoms with Gasteiger partial charge in [0.2, 0.25) is 0 Å². The average Bonchev–Trinajstić information content (AvgIpc) is 2.26. The second kappa shape index (κ2) is 4.99. The highest BCUT2D eigenvalue weighted by atomic mass is 16.5.